The molecule has 0 aromatic heterocycles. The van der Waals surface area contributed by atoms with Gasteiger partial charge in [0.05, 0.1) is 6.42 Å². The molecule has 0 unspecified atom stereocenters. The molecule has 0 aliphatic carbocycles. The number of hydrogen-bond acceptors (Lipinski definition) is 2. The molecule has 136 valence electrons. The van der Waals surface area contributed by atoms with E-state index in [1.54, 1.807) is 0 Å². The Hall–Kier alpha value is -2.62. The minimum absolute atomic E-state index is 0.0658. The lowest BCUT2D eigenvalue weighted by Crippen LogP contribution is -2.38. The second-order valence-electron chi connectivity index (χ2n) is 7.01. The molecule has 2 amide bonds. The van der Waals surface area contributed by atoms with Crippen LogP contribution in [-0.2, 0) is 11.2 Å². The standard InChI is InChI=1S/C22H26N2O2/c1-17-7-5-9-19(15-17)16-21(25)23-11-6-12-24(14-13-23)22(26)20-10-4-3-8-18(20)2/h3-5,7-10,15H,6,11-14,16H2,1-2H3. The Labute approximate surface area is 155 Å². The van der Waals surface area contributed by atoms with Crippen molar-refractivity contribution in [3.63, 3.8) is 0 Å². The Morgan fingerprint density at radius 2 is 1.62 bits per heavy atom. The summed E-state index contributed by atoms with van der Waals surface area (Å²) in [5.41, 5.74) is 3.97. The molecule has 3 rings (SSSR count). The molecular weight excluding hydrogens is 324 g/mol. The molecule has 0 radical (unpaired) electrons. The molecule has 2 aromatic rings. The maximum Gasteiger partial charge on any atom is 0.254 e. The molecule has 26 heavy (non-hydrogen) atoms. The smallest absolute Gasteiger partial charge is 0.254 e. The Morgan fingerprint density at radius 3 is 2.38 bits per heavy atom. The summed E-state index contributed by atoms with van der Waals surface area (Å²) >= 11 is 0. The van der Waals surface area contributed by atoms with E-state index in [1.165, 1.54) is 5.56 Å². The van der Waals surface area contributed by atoms with Crippen LogP contribution in [0.2, 0.25) is 0 Å². The normalized spacial score (nSPS) is 14.8. The van der Waals surface area contributed by atoms with Gasteiger partial charge in [0, 0.05) is 31.7 Å². The van der Waals surface area contributed by atoms with E-state index < -0.39 is 0 Å². The van der Waals surface area contributed by atoms with Crippen LogP contribution in [0.3, 0.4) is 0 Å². The van der Waals surface area contributed by atoms with Crippen molar-refractivity contribution in [2.75, 3.05) is 26.2 Å². The summed E-state index contributed by atoms with van der Waals surface area (Å²) in [7, 11) is 0. The van der Waals surface area contributed by atoms with Gasteiger partial charge in [-0.1, -0.05) is 48.0 Å². The van der Waals surface area contributed by atoms with Crippen LogP contribution in [-0.4, -0.2) is 47.8 Å². The van der Waals surface area contributed by atoms with Crippen molar-refractivity contribution in [3.05, 3.63) is 70.8 Å². The van der Waals surface area contributed by atoms with Crippen molar-refractivity contribution >= 4 is 11.8 Å². The molecule has 0 saturated carbocycles. The molecule has 1 heterocycles. The number of rotatable bonds is 3. The second-order valence-corrected chi connectivity index (χ2v) is 7.01. The lowest BCUT2D eigenvalue weighted by atomic mass is 10.1. The summed E-state index contributed by atoms with van der Waals surface area (Å²) in [6.45, 7) is 6.59. The van der Waals surface area contributed by atoms with E-state index in [-0.39, 0.29) is 11.8 Å². The molecule has 1 aliphatic rings. The molecule has 1 aliphatic heterocycles. The first kappa shape index (κ1) is 18.2. The SMILES string of the molecule is Cc1cccc(CC(=O)N2CCCN(C(=O)c3ccccc3C)CC2)c1. The predicted octanol–water partition coefficient (Wildman–Crippen LogP) is 3.22. The van der Waals surface area contributed by atoms with Crippen LogP contribution in [0.25, 0.3) is 0 Å². The number of carbonyl (C=O) groups is 2. The molecule has 0 atom stereocenters. The zero-order valence-electron chi connectivity index (χ0n) is 15.6. The van der Waals surface area contributed by atoms with E-state index >= 15 is 0 Å². The highest BCUT2D eigenvalue weighted by molar-refractivity contribution is 5.95. The zero-order chi connectivity index (χ0) is 18.5. The summed E-state index contributed by atoms with van der Waals surface area (Å²) in [6.07, 6.45) is 1.24. The van der Waals surface area contributed by atoms with Gasteiger partial charge in [0.1, 0.15) is 0 Å². The number of carbonyl (C=O) groups excluding carboxylic acids is 2. The van der Waals surface area contributed by atoms with Crippen LogP contribution in [0, 0.1) is 13.8 Å². The summed E-state index contributed by atoms with van der Waals surface area (Å²) < 4.78 is 0. The third kappa shape index (κ3) is 4.31. The number of hydrogen-bond donors (Lipinski definition) is 0. The van der Waals surface area contributed by atoms with Crippen molar-refractivity contribution in [1.29, 1.82) is 0 Å². The number of aryl methyl sites for hydroxylation is 2. The van der Waals surface area contributed by atoms with Gasteiger partial charge in [-0.2, -0.15) is 0 Å². The monoisotopic (exact) mass is 350 g/mol. The molecule has 4 nitrogen and oxygen atoms in total. The lowest BCUT2D eigenvalue weighted by molar-refractivity contribution is -0.130. The van der Waals surface area contributed by atoms with E-state index in [1.807, 2.05) is 66.1 Å². The van der Waals surface area contributed by atoms with E-state index in [0.29, 0.717) is 32.6 Å². The molecule has 1 saturated heterocycles. The Bertz CT molecular complexity index is 800. The lowest BCUT2D eigenvalue weighted by Gasteiger charge is -2.23. The molecule has 4 heteroatoms. The van der Waals surface area contributed by atoms with Crippen LogP contribution in [0.1, 0.15) is 33.5 Å². The minimum Gasteiger partial charge on any atom is -0.341 e. The topological polar surface area (TPSA) is 40.6 Å². The number of nitrogens with zero attached hydrogens (tertiary/aromatic N) is 2. The maximum absolute atomic E-state index is 12.8. The third-order valence-electron chi connectivity index (χ3n) is 4.95. The number of amides is 2. The predicted molar refractivity (Wildman–Crippen MR) is 103 cm³/mol. The third-order valence-corrected chi connectivity index (χ3v) is 4.95. The van der Waals surface area contributed by atoms with E-state index in [0.717, 1.165) is 23.1 Å². The van der Waals surface area contributed by atoms with Crippen LogP contribution >= 0.6 is 0 Å². The largest absolute Gasteiger partial charge is 0.341 e. The molecular formula is C22H26N2O2. The van der Waals surface area contributed by atoms with Crippen LogP contribution in [0.15, 0.2) is 48.5 Å². The fraction of sp³-hybridized carbons (Fsp3) is 0.364. The van der Waals surface area contributed by atoms with Crippen LogP contribution < -0.4 is 0 Å². The van der Waals surface area contributed by atoms with Gasteiger partial charge >= 0.3 is 0 Å². The first-order valence-corrected chi connectivity index (χ1v) is 9.23. The quantitative estimate of drug-likeness (QED) is 0.853. The Kier molecular flexibility index (Phi) is 5.71. The van der Waals surface area contributed by atoms with Gasteiger partial charge in [-0.3, -0.25) is 9.59 Å². The molecule has 0 spiro atoms. The van der Waals surface area contributed by atoms with Crippen molar-refractivity contribution in [3.8, 4) is 0 Å². The average Bonchev–Trinajstić information content (AvgIpc) is 2.88. The van der Waals surface area contributed by atoms with E-state index in [9.17, 15) is 9.59 Å². The molecule has 2 aromatic carbocycles. The van der Waals surface area contributed by atoms with Gasteiger partial charge in [-0.25, -0.2) is 0 Å². The highest BCUT2D eigenvalue weighted by Gasteiger charge is 2.23. The van der Waals surface area contributed by atoms with Gasteiger partial charge < -0.3 is 9.80 Å². The Balaban J connectivity index is 1.62. The maximum atomic E-state index is 12.8. The first-order valence-electron chi connectivity index (χ1n) is 9.23. The first-order chi connectivity index (χ1) is 12.5. The molecule has 0 N–H and O–H groups in total. The van der Waals surface area contributed by atoms with Gasteiger partial charge in [-0.15, -0.1) is 0 Å². The van der Waals surface area contributed by atoms with Gasteiger partial charge in [0.25, 0.3) is 5.91 Å². The minimum atomic E-state index is 0.0658. The molecule has 0 bridgehead atoms. The van der Waals surface area contributed by atoms with E-state index in [4.69, 9.17) is 0 Å². The highest BCUT2D eigenvalue weighted by Crippen LogP contribution is 2.14. The fourth-order valence-electron chi connectivity index (χ4n) is 3.46. The summed E-state index contributed by atoms with van der Waals surface area (Å²) in [5, 5.41) is 0. The van der Waals surface area contributed by atoms with Gasteiger partial charge in [-0.05, 0) is 37.5 Å². The van der Waals surface area contributed by atoms with Crippen molar-refractivity contribution in [1.82, 2.24) is 9.80 Å². The van der Waals surface area contributed by atoms with E-state index in [2.05, 4.69) is 6.07 Å². The van der Waals surface area contributed by atoms with Crippen LogP contribution in [0.4, 0.5) is 0 Å². The van der Waals surface area contributed by atoms with Crippen LogP contribution in [0.5, 0.6) is 0 Å². The zero-order valence-corrected chi connectivity index (χ0v) is 15.6. The van der Waals surface area contributed by atoms with Gasteiger partial charge in [0.2, 0.25) is 5.91 Å². The number of benzene rings is 2. The summed E-state index contributed by atoms with van der Waals surface area (Å²) in [4.78, 5) is 29.2. The van der Waals surface area contributed by atoms with Crippen molar-refractivity contribution in [2.45, 2.75) is 26.7 Å². The molecule has 1 fully saturated rings. The Morgan fingerprint density at radius 1 is 0.885 bits per heavy atom. The van der Waals surface area contributed by atoms with Crippen molar-refractivity contribution in [2.24, 2.45) is 0 Å². The fourth-order valence-corrected chi connectivity index (χ4v) is 3.46. The van der Waals surface area contributed by atoms with Gasteiger partial charge in [0.15, 0.2) is 0 Å². The summed E-state index contributed by atoms with van der Waals surface area (Å²) in [5.74, 6) is 0.205. The highest BCUT2D eigenvalue weighted by atomic mass is 16.2. The average molecular weight is 350 g/mol. The summed E-state index contributed by atoms with van der Waals surface area (Å²) in [6, 6.07) is 15.8. The van der Waals surface area contributed by atoms with Crippen molar-refractivity contribution < 1.29 is 9.59 Å². The second kappa shape index (κ2) is 8.17.